The summed E-state index contributed by atoms with van der Waals surface area (Å²) in [6.07, 6.45) is 2.59. The number of anilines is 1. The van der Waals surface area contributed by atoms with E-state index in [1.54, 1.807) is 0 Å². The predicted molar refractivity (Wildman–Crippen MR) is 116 cm³/mol. The first-order chi connectivity index (χ1) is 14.7. The third kappa shape index (κ3) is 4.89. The fourth-order valence-corrected chi connectivity index (χ4v) is 5.99. The number of methoxy groups -OCH3 is 3. The van der Waals surface area contributed by atoms with Crippen molar-refractivity contribution < 1.29 is 31.0 Å². The van der Waals surface area contributed by atoms with Gasteiger partial charge < -0.3 is 14.2 Å². The Morgan fingerprint density at radius 1 is 0.742 bits per heavy atom. The summed E-state index contributed by atoms with van der Waals surface area (Å²) in [5.41, 5.74) is 0.0235. The van der Waals surface area contributed by atoms with Crippen LogP contribution in [0.25, 0.3) is 0 Å². The van der Waals surface area contributed by atoms with E-state index in [4.69, 9.17) is 14.2 Å². The molecule has 3 rings (SSSR count). The molecule has 170 valence electrons. The Morgan fingerprint density at radius 3 is 1.94 bits per heavy atom. The molecule has 0 aromatic heterocycles. The Bertz CT molecular complexity index is 1140. The lowest BCUT2D eigenvalue weighted by molar-refractivity contribution is 0.346. The van der Waals surface area contributed by atoms with Gasteiger partial charge in [0, 0.05) is 19.2 Å². The van der Waals surface area contributed by atoms with E-state index in [0.717, 1.165) is 19.3 Å². The molecule has 0 bridgehead atoms. The lowest BCUT2D eigenvalue weighted by Crippen LogP contribution is -2.35. The highest BCUT2D eigenvalue weighted by Gasteiger charge is 2.27. The maximum absolute atomic E-state index is 13.0. The van der Waals surface area contributed by atoms with Crippen LogP contribution in [0.5, 0.6) is 17.2 Å². The summed E-state index contributed by atoms with van der Waals surface area (Å²) in [5, 5.41) is 0. The number of piperidine rings is 1. The first-order valence-corrected chi connectivity index (χ1v) is 12.6. The van der Waals surface area contributed by atoms with Gasteiger partial charge in [0.05, 0.1) is 36.8 Å². The zero-order valence-electron chi connectivity index (χ0n) is 17.6. The average molecular weight is 471 g/mol. The fourth-order valence-electron chi connectivity index (χ4n) is 3.37. The van der Waals surface area contributed by atoms with Crippen LogP contribution in [0.1, 0.15) is 19.3 Å². The van der Waals surface area contributed by atoms with Crippen molar-refractivity contribution in [2.45, 2.75) is 29.1 Å². The molecule has 1 N–H and O–H groups in total. The normalized spacial score (nSPS) is 15.3. The van der Waals surface area contributed by atoms with Crippen LogP contribution in [0.3, 0.4) is 0 Å². The molecule has 2 aromatic rings. The van der Waals surface area contributed by atoms with Crippen LogP contribution in [0.4, 0.5) is 5.69 Å². The fraction of sp³-hybridized carbons (Fsp3) is 0.400. The van der Waals surface area contributed by atoms with E-state index < -0.39 is 20.0 Å². The summed E-state index contributed by atoms with van der Waals surface area (Å²) in [4.78, 5) is -0.0725. The van der Waals surface area contributed by atoms with Crippen LogP contribution >= 0.6 is 0 Å². The van der Waals surface area contributed by atoms with Crippen LogP contribution in [0.15, 0.2) is 46.2 Å². The van der Waals surface area contributed by atoms with E-state index in [2.05, 4.69) is 4.72 Å². The summed E-state index contributed by atoms with van der Waals surface area (Å²) in [6, 6.07) is 8.29. The summed E-state index contributed by atoms with van der Waals surface area (Å²) in [6.45, 7) is 0.891. The van der Waals surface area contributed by atoms with Crippen LogP contribution in [-0.4, -0.2) is 55.6 Å². The van der Waals surface area contributed by atoms with Gasteiger partial charge in [-0.3, -0.25) is 4.72 Å². The molecule has 0 saturated carbocycles. The van der Waals surface area contributed by atoms with Gasteiger partial charge in [0.2, 0.25) is 10.0 Å². The van der Waals surface area contributed by atoms with E-state index in [0.29, 0.717) is 18.8 Å². The number of benzene rings is 2. The number of sulfonamides is 2. The molecule has 0 amide bonds. The van der Waals surface area contributed by atoms with E-state index in [1.807, 2.05) is 0 Å². The van der Waals surface area contributed by atoms with Crippen molar-refractivity contribution in [2.24, 2.45) is 0 Å². The second-order valence-corrected chi connectivity index (χ2v) is 10.6. The molecular weight excluding hydrogens is 444 g/mol. The summed E-state index contributed by atoms with van der Waals surface area (Å²) < 4.78 is 71.4. The predicted octanol–water partition coefficient (Wildman–Crippen LogP) is 2.69. The highest BCUT2D eigenvalue weighted by Crippen LogP contribution is 2.34. The van der Waals surface area contributed by atoms with Gasteiger partial charge in [-0.2, -0.15) is 4.31 Å². The third-order valence-electron chi connectivity index (χ3n) is 5.03. The lowest BCUT2D eigenvalue weighted by Gasteiger charge is -2.26. The van der Waals surface area contributed by atoms with Crippen molar-refractivity contribution in [1.82, 2.24) is 4.31 Å². The quantitative estimate of drug-likeness (QED) is 0.631. The number of ether oxygens (including phenoxy) is 3. The van der Waals surface area contributed by atoms with Crippen molar-refractivity contribution in [3.05, 3.63) is 36.4 Å². The SMILES string of the molecule is COc1ccc(S(=O)(=O)N2CCCCC2)cc1NS(=O)(=O)c1ccc(OC)c(OC)c1. The van der Waals surface area contributed by atoms with Crippen molar-refractivity contribution in [1.29, 1.82) is 0 Å². The smallest absolute Gasteiger partial charge is 0.262 e. The monoisotopic (exact) mass is 470 g/mol. The highest BCUT2D eigenvalue weighted by molar-refractivity contribution is 7.92. The minimum Gasteiger partial charge on any atom is -0.495 e. The van der Waals surface area contributed by atoms with Gasteiger partial charge in [0.1, 0.15) is 5.75 Å². The first kappa shape index (κ1) is 23.2. The molecule has 0 atom stereocenters. The van der Waals surface area contributed by atoms with Crippen LogP contribution < -0.4 is 18.9 Å². The van der Waals surface area contributed by atoms with E-state index in [1.165, 1.54) is 62.0 Å². The van der Waals surface area contributed by atoms with Gasteiger partial charge in [-0.25, -0.2) is 16.8 Å². The molecule has 1 aliphatic heterocycles. The molecule has 9 nitrogen and oxygen atoms in total. The molecular formula is C20H26N2O7S2. The number of hydrogen-bond donors (Lipinski definition) is 1. The molecule has 0 aliphatic carbocycles. The van der Waals surface area contributed by atoms with Crippen LogP contribution in [0, 0.1) is 0 Å². The molecule has 31 heavy (non-hydrogen) atoms. The van der Waals surface area contributed by atoms with Crippen molar-refractivity contribution in [3.63, 3.8) is 0 Å². The topological polar surface area (TPSA) is 111 Å². The largest absolute Gasteiger partial charge is 0.495 e. The van der Waals surface area contributed by atoms with Crippen molar-refractivity contribution in [3.8, 4) is 17.2 Å². The van der Waals surface area contributed by atoms with E-state index in [9.17, 15) is 16.8 Å². The van der Waals surface area contributed by atoms with Gasteiger partial charge in [0.15, 0.2) is 11.5 Å². The summed E-state index contributed by atoms with van der Waals surface area (Å²) >= 11 is 0. The zero-order chi connectivity index (χ0) is 22.6. The number of rotatable bonds is 8. The van der Waals surface area contributed by atoms with Gasteiger partial charge in [-0.05, 0) is 43.2 Å². The molecule has 2 aromatic carbocycles. The second-order valence-electron chi connectivity index (χ2n) is 6.95. The minimum absolute atomic E-state index is 0.000196. The third-order valence-corrected chi connectivity index (χ3v) is 8.29. The standard InChI is InChI=1S/C20H26N2O7S2/c1-27-18-9-8-16(31(25,26)22-11-5-4-6-12-22)13-17(18)21-30(23,24)15-7-10-19(28-2)20(14-15)29-3/h7-10,13-14,21H,4-6,11-12H2,1-3H3. The Hall–Kier alpha value is -2.50. The maximum atomic E-state index is 13.0. The highest BCUT2D eigenvalue weighted by atomic mass is 32.2. The first-order valence-electron chi connectivity index (χ1n) is 9.66. The molecule has 1 saturated heterocycles. The Kier molecular flexibility index (Phi) is 6.97. The lowest BCUT2D eigenvalue weighted by atomic mass is 10.2. The molecule has 11 heteroatoms. The maximum Gasteiger partial charge on any atom is 0.262 e. The molecule has 1 heterocycles. The molecule has 1 aliphatic rings. The molecule has 0 spiro atoms. The Morgan fingerprint density at radius 2 is 1.32 bits per heavy atom. The van der Waals surface area contributed by atoms with E-state index >= 15 is 0 Å². The van der Waals surface area contributed by atoms with E-state index in [-0.39, 0.29) is 27.0 Å². The van der Waals surface area contributed by atoms with Crippen molar-refractivity contribution >= 4 is 25.7 Å². The summed E-state index contributed by atoms with van der Waals surface area (Å²) in [5.74, 6) is 0.828. The van der Waals surface area contributed by atoms with Crippen LogP contribution in [0.2, 0.25) is 0 Å². The average Bonchev–Trinajstić information content (AvgIpc) is 2.78. The van der Waals surface area contributed by atoms with Gasteiger partial charge >= 0.3 is 0 Å². The Balaban J connectivity index is 1.97. The van der Waals surface area contributed by atoms with Gasteiger partial charge in [0.25, 0.3) is 10.0 Å². The number of nitrogens with zero attached hydrogens (tertiary/aromatic N) is 1. The van der Waals surface area contributed by atoms with Crippen molar-refractivity contribution in [2.75, 3.05) is 39.1 Å². The van der Waals surface area contributed by atoms with Crippen LogP contribution in [-0.2, 0) is 20.0 Å². The molecule has 1 fully saturated rings. The summed E-state index contributed by atoms with van der Waals surface area (Å²) in [7, 11) is -3.58. The van der Waals surface area contributed by atoms with Gasteiger partial charge in [-0.15, -0.1) is 0 Å². The minimum atomic E-state index is -4.06. The van der Waals surface area contributed by atoms with Gasteiger partial charge in [-0.1, -0.05) is 6.42 Å². The number of nitrogens with one attached hydrogen (secondary N) is 1. The molecule has 0 radical (unpaired) electrons. The second kappa shape index (κ2) is 9.33. The number of hydrogen-bond acceptors (Lipinski definition) is 7. The Labute approximate surface area is 183 Å². The molecule has 0 unspecified atom stereocenters. The zero-order valence-corrected chi connectivity index (χ0v) is 19.3.